The average molecular weight is 246 g/mol. The van der Waals surface area contributed by atoms with E-state index >= 15 is 0 Å². The zero-order chi connectivity index (χ0) is 13.3. The van der Waals surface area contributed by atoms with Gasteiger partial charge in [0.2, 0.25) is 0 Å². The van der Waals surface area contributed by atoms with Crippen LogP contribution in [0.5, 0.6) is 0 Å². The van der Waals surface area contributed by atoms with Gasteiger partial charge in [0.1, 0.15) is 11.3 Å². The molecule has 2 aromatic heterocycles. The van der Waals surface area contributed by atoms with E-state index in [1.807, 2.05) is 25.4 Å². The van der Waals surface area contributed by atoms with E-state index < -0.39 is 0 Å². The van der Waals surface area contributed by atoms with Crippen LogP contribution < -0.4 is 5.73 Å². The van der Waals surface area contributed by atoms with E-state index in [2.05, 4.69) is 30.3 Å². The highest BCUT2D eigenvalue weighted by Gasteiger charge is 2.31. The van der Waals surface area contributed by atoms with Gasteiger partial charge in [-0.2, -0.15) is 0 Å². The molecule has 2 aromatic rings. The molecule has 4 nitrogen and oxygen atoms in total. The van der Waals surface area contributed by atoms with E-state index in [0.29, 0.717) is 0 Å². The van der Waals surface area contributed by atoms with Gasteiger partial charge in [0.05, 0.1) is 11.7 Å². The van der Waals surface area contributed by atoms with E-state index in [0.717, 1.165) is 29.8 Å². The van der Waals surface area contributed by atoms with Crippen LogP contribution in [0.2, 0.25) is 0 Å². The second-order valence-corrected chi connectivity index (χ2v) is 5.46. The molecular formula is C14H22N4. The van der Waals surface area contributed by atoms with Crippen molar-refractivity contribution in [1.29, 1.82) is 0 Å². The van der Waals surface area contributed by atoms with Crippen molar-refractivity contribution in [3.05, 3.63) is 24.3 Å². The molecule has 0 saturated carbocycles. The van der Waals surface area contributed by atoms with Crippen molar-refractivity contribution < 1.29 is 0 Å². The molecule has 1 unspecified atom stereocenters. The number of fused-ring (bicyclic) bond motifs is 1. The molecule has 0 radical (unpaired) electrons. The fourth-order valence-corrected chi connectivity index (χ4v) is 2.13. The Hall–Kier alpha value is -1.42. The normalized spacial score (nSPS) is 14.1. The Morgan fingerprint density at radius 2 is 2.17 bits per heavy atom. The molecule has 2 N–H and O–H groups in total. The van der Waals surface area contributed by atoms with Crippen LogP contribution in [0.25, 0.3) is 11.0 Å². The molecule has 0 amide bonds. The topological polar surface area (TPSA) is 56.7 Å². The number of aryl methyl sites for hydroxylation is 1. The number of hydrogen-bond donors (Lipinski definition) is 1. The highest BCUT2D eigenvalue weighted by atomic mass is 15.1. The maximum Gasteiger partial charge on any atom is 0.117 e. The summed E-state index contributed by atoms with van der Waals surface area (Å²) < 4.78 is 2.28. The Labute approximate surface area is 108 Å². The monoisotopic (exact) mass is 246 g/mol. The second kappa shape index (κ2) is 4.69. The highest BCUT2D eigenvalue weighted by molar-refractivity contribution is 5.75. The first-order valence-corrected chi connectivity index (χ1v) is 6.54. The van der Waals surface area contributed by atoms with Gasteiger partial charge in [-0.1, -0.05) is 20.8 Å². The largest absolute Gasteiger partial charge is 0.327 e. The number of nitrogens with zero attached hydrogens (tertiary/aromatic N) is 3. The Bertz CT molecular complexity index is 540. The average Bonchev–Trinajstić information content (AvgIpc) is 2.69. The maximum absolute atomic E-state index is 6.12. The lowest BCUT2D eigenvalue weighted by molar-refractivity contribution is 0.391. The van der Waals surface area contributed by atoms with Gasteiger partial charge in [0, 0.05) is 24.2 Å². The third-order valence-electron chi connectivity index (χ3n) is 3.71. The second-order valence-electron chi connectivity index (χ2n) is 5.46. The van der Waals surface area contributed by atoms with Crippen molar-refractivity contribution in [2.45, 2.75) is 52.1 Å². The Morgan fingerprint density at radius 1 is 1.44 bits per heavy atom. The molecule has 2 rings (SSSR count). The van der Waals surface area contributed by atoms with Crippen molar-refractivity contribution in [3.8, 4) is 0 Å². The molecule has 0 fully saturated rings. The molecule has 0 saturated heterocycles. The van der Waals surface area contributed by atoms with Crippen molar-refractivity contribution in [1.82, 2.24) is 14.5 Å². The van der Waals surface area contributed by atoms with Crippen LogP contribution in [-0.2, 0) is 12.0 Å². The SMILES string of the molecule is CCCn1c(C(C)(C)C(C)N)nc2cnccc21. The zero-order valence-electron chi connectivity index (χ0n) is 11.6. The maximum atomic E-state index is 6.12. The van der Waals surface area contributed by atoms with E-state index in [9.17, 15) is 0 Å². The van der Waals surface area contributed by atoms with Gasteiger partial charge in [0.25, 0.3) is 0 Å². The lowest BCUT2D eigenvalue weighted by Gasteiger charge is -2.29. The number of rotatable bonds is 4. The van der Waals surface area contributed by atoms with E-state index in [4.69, 9.17) is 10.7 Å². The lowest BCUT2D eigenvalue weighted by atomic mass is 9.85. The number of imidazole rings is 1. The van der Waals surface area contributed by atoms with Gasteiger partial charge in [-0.3, -0.25) is 4.98 Å². The van der Waals surface area contributed by atoms with Crippen molar-refractivity contribution in [2.24, 2.45) is 5.73 Å². The minimum atomic E-state index is -0.145. The van der Waals surface area contributed by atoms with Gasteiger partial charge in [0.15, 0.2) is 0 Å². The smallest absolute Gasteiger partial charge is 0.117 e. The molecule has 2 heterocycles. The first-order chi connectivity index (χ1) is 8.48. The molecule has 0 bridgehead atoms. The summed E-state index contributed by atoms with van der Waals surface area (Å²) in [6.07, 6.45) is 4.72. The van der Waals surface area contributed by atoms with Gasteiger partial charge in [-0.15, -0.1) is 0 Å². The molecule has 98 valence electrons. The van der Waals surface area contributed by atoms with Crippen LogP contribution >= 0.6 is 0 Å². The molecule has 4 heteroatoms. The number of pyridine rings is 1. The number of hydrogen-bond acceptors (Lipinski definition) is 3. The molecule has 0 aromatic carbocycles. The minimum absolute atomic E-state index is 0.0536. The van der Waals surface area contributed by atoms with E-state index in [1.54, 1.807) is 0 Å². The summed E-state index contributed by atoms with van der Waals surface area (Å²) in [7, 11) is 0. The summed E-state index contributed by atoms with van der Waals surface area (Å²) in [4.78, 5) is 8.89. The summed E-state index contributed by atoms with van der Waals surface area (Å²) in [6, 6.07) is 2.08. The quantitative estimate of drug-likeness (QED) is 0.901. The van der Waals surface area contributed by atoms with Crippen molar-refractivity contribution in [2.75, 3.05) is 0 Å². The molecule has 0 aliphatic carbocycles. The first-order valence-electron chi connectivity index (χ1n) is 6.54. The van der Waals surface area contributed by atoms with Crippen LogP contribution in [0, 0.1) is 0 Å². The van der Waals surface area contributed by atoms with Gasteiger partial charge in [-0.25, -0.2) is 4.98 Å². The van der Waals surface area contributed by atoms with Crippen molar-refractivity contribution in [3.63, 3.8) is 0 Å². The Balaban J connectivity index is 2.66. The first kappa shape index (κ1) is 13.0. The van der Waals surface area contributed by atoms with Crippen LogP contribution in [0.4, 0.5) is 0 Å². The summed E-state index contributed by atoms with van der Waals surface area (Å²) in [6.45, 7) is 9.48. The van der Waals surface area contributed by atoms with E-state index in [1.165, 1.54) is 0 Å². The summed E-state index contributed by atoms with van der Waals surface area (Å²) in [5, 5.41) is 0. The highest BCUT2D eigenvalue weighted by Crippen LogP contribution is 2.28. The predicted octanol–water partition coefficient (Wildman–Crippen LogP) is 2.47. The van der Waals surface area contributed by atoms with Crippen LogP contribution in [0.3, 0.4) is 0 Å². The predicted molar refractivity (Wildman–Crippen MR) is 74.5 cm³/mol. The Kier molecular flexibility index (Phi) is 3.39. The number of aromatic nitrogens is 3. The molecule has 0 spiro atoms. The van der Waals surface area contributed by atoms with Crippen LogP contribution in [-0.4, -0.2) is 20.6 Å². The van der Waals surface area contributed by atoms with Crippen molar-refractivity contribution >= 4 is 11.0 Å². The third-order valence-corrected chi connectivity index (χ3v) is 3.71. The minimum Gasteiger partial charge on any atom is -0.327 e. The Morgan fingerprint density at radius 3 is 2.78 bits per heavy atom. The van der Waals surface area contributed by atoms with Crippen LogP contribution in [0.15, 0.2) is 18.5 Å². The number of nitrogens with two attached hydrogens (primary N) is 1. The lowest BCUT2D eigenvalue weighted by Crippen LogP contribution is -2.40. The zero-order valence-corrected chi connectivity index (χ0v) is 11.6. The molecular weight excluding hydrogens is 224 g/mol. The van der Waals surface area contributed by atoms with Crippen LogP contribution in [0.1, 0.15) is 39.9 Å². The molecule has 0 aliphatic rings. The standard InChI is InChI=1S/C14H22N4/c1-5-8-18-12-6-7-16-9-11(12)17-13(18)14(3,4)10(2)15/h6-7,9-10H,5,8,15H2,1-4H3. The fraction of sp³-hybridized carbons (Fsp3) is 0.571. The molecule has 0 aliphatic heterocycles. The molecule has 18 heavy (non-hydrogen) atoms. The van der Waals surface area contributed by atoms with Gasteiger partial charge in [-0.05, 0) is 19.4 Å². The molecule has 1 atom stereocenters. The summed E-state index contributed by atoms with van der Waals surface area (Å²) >= 11 is 0. The third kappa shape index (κ3) is 2.01. The fourth-order valence-electron chi connectivity index (χ4n) is 2.13. The summed E-state index contributed by atoms with van der Waals surface area (Å²) in [5.74, 6) is 1.06. The van der Waals surface area contributed by atoms with E-state index in [-0.39, 0.29) is 11.5 Å². The van der Waals surface area contributed by atoms with Gasteiger partial charge >= 0.3 is 0 Å². The van der Waals surface area contributed by atoms with Gasteiger partial charge < -0.3 is 10.3 Å². The summed E-state index contributed by atoms with van der Waals surface area (Å²) in [5.41, 5.74) is 8.08.